The minimum Gasteiger partial charge on any atom is -0.306 e. The van der Waals surface area contributed by atoms with Crippen molar-refractivity contribution in [1.29, 1.82) is 0 Å². The highest BCUT2D eigenvalue weighted by Gasteiger charge is 2.21. The van der Waals surface area contributed by atoms with Crippen LogP contribution in [0.3, 0.4) is 0 Å². The summed E-state index contributed by atoms with van der Waals surface area (Å²) in [6, 6.07) is 2.59. The summed E-state index contributed by atoms with van der Waals surface area (Å²) in [6.45, 7) is 6.32. The molecule has 1 N–H and O–H groups in total. The van der Waals surface area contributed by atoms with Crippen LogP contribution in [0, 0.1) is 6.92 Å². The monoisotopic (exact) mass is 328 g/mol. The molecule has 0 aliphatic heterocycles. The lowest BCUT2D eigenvalue weighted by molar-refractivity contribution is 0.479. The highest BCUT2D eigenvalue weighted by Crippen LogP contribution is 2.33. The molecule has 0 spiro atoms. The van der Waals surface area contributed by atoms with Crippen LogP contribution >= 0.6 is 27.3 Å². The van der Waals surface area contributed by atoms with Crippen LogP contribution in [-0.4, -0.2) is 21.8 Å². The number of thiophene rings is 1. The van der Waals surface area contributed by atoms with E-state index in [0.29, 0.717) is 6.04 Å². The Morgan fingerprint density at radius 2 is 2.17 bits per heavy atom. The normalized spacial score (nSPS) is 13.2. The molecule has 6 heteroatoms. The molecule has 2 aromatic heterocycles. The smallest absolute Gasteiger partial charge is 0.149 e. The second kappa shape index (κ2) is 5.50. The number of aryl methyl sites for hydroxylation is 1. The van der Waals surface area contributed by atoms with E-state index in [0.717, 1.165) is 5.82 Å². The Kier molecular flexibility index (Phi) is 4.19. The van der Waals surface area contributed by atoms with Gasteiger partial charge in [0, 0.05) is 10.9 Å². The first-order valence-corrected chi connectivity index (χ1v) is 7.48. The van der Waals surface area contributed by atoms with Gasteiger partial charge in [-0.3, -0.25) is 0 Å². The van der Waals surface area contributed by atoms with E-state index in [2.05, 4.69) is 58.2 Å². The molecule has 0 aliphatic rings. The molecule has 0 amide bonds. The summed E-state index contributed by atoms with van der Waals surface area (Å²) in [6.07, 6.45) is 1.62. The average molecular weight is 329 g/mol. The summed E-state index contributed by atoms with van der Waals surface area (Å²) in [5.41, 5.74) is 1.26. The van der Waals surface area contributed by atoms with E-state index in [-0.39, 0.29) is 6.04 Å². The maximum absolute atomic E-state index is 4.40. The first-order valence-electron chi connectivity index (χ1n) is 5.87. The van der Waals surface area contributed by atoms with Crippen molar-refractivity contribution in [2.45, 2.75) is 32.9 Å². The molecule has 1 unspecified atom stereocenters. The molecule has 2 aromatic rings. The maximum atomic E-state index is 4.40. The Morgan fingerprint density at radius 1 is 1.44 bits per heavy atom. The molecule has 1 atom stereocenters. The lowest BCUT2D eigenvalue weighted by Crippen LogP contribution is -2.22. The number of aromatic nitrogens is 3. The summed E-state index contributed by atoms with van der Waals surface area (Å²) < 4.78 is 3.14. The van der Waals surface area contributed by atoms with Gasteiger partial charge in [0.15, 0.2) is 0 Å². The quantitative estimate of drug-likeness (QED) is 0.936. The number of rotatable bonds is 4. The van der Waals surface area contributed by atoms with Crippen LogP contribution in [0.25, 0.3) is 0 Å². The SMILES string of the molecule is CNC(c1cc(C)c(Br)s1)c1ncnn1C(C)C. The Balaban J connectivity index is 2.42. The van der Waals surface area contributed by atoms with E-state index >= 15 is 0 Å². The lowest BCUT2D eigenvalue weighted by Gasteiger charge is -2.17. The molecule has 2 rings (SSSR count). The number of hydrogen-bond acceptors (Lipinski definition) is 4. The zero-order valence-corrected chi connectivity index (χ0v) is 13.3. The van der Waals surface area contributed by atoms with Gasteiger partial charge in [0.25, 0.3) is 0 Å². The average Bonchev–Trinajstić information content (AvgIpc) is 2.89. The predicted octanol–water partition coefficient (Wildman–Crippen LogP) is 3.30. The molecule has 4 nitrogen and oxygen atoms in total. The highest BCUT2D eigenvalue weighted by molar-refractivity contribution is 9.11. The van der Waals surface area contributed by atoms with E-state index in [4.69, 9.17) is 0 Å². The van der Waals surface area contributed by atoms with Crippen LogP contribution in [0.5, 0.6) is 0 Å². The van der Waals surface area contributed by atoms with E-state index in [9.17, 15) is 0 Å². The van der Waals surface area contributed by atoms with Crippen molar-refractivity contribution in [2.24, 2.45) is 0 Å². The van der Waals surface area contributed by atoms with Crippen LogP contribution in [-0.2, 0) is 0 Å². The summed E-state index contributed by atoms with van der Waals surface area (Å²) in [5, 5.41) is 7.62. The van der Waals surface area contributed by atoms with Crippen molar-refractivity contribution in [1.82, 2.24) is 20.1 Å². The van der Waals surface area contributed by atoms with Crippen molar-refractivity contribution < 1.29 is 0 Å². The largest absolute Gasteiger partial charge is 0.306 e. The Bertz CT molecular complexity index is 512. The Morgan fingerprint density at radius 3 is 2.67 bits per heavy atom. The third-order valence-corrected chi connectivity index (χ3v) is 5.00. The van der Waals surface area contributed by atoms with Crippen molar-refractivity contribution in [3.8, 4) is 0 Å². The van der Waals surface area contributed by atoms with E-state index < -0.39 is 0 Å². The zero-order valence-electron chi connectivity index (χ0n) is 10.9. The van der Waals surface area contributed by atoms with Crippen molar-refractivity contribution in [2.75, 3.05) is 7.05 Å². The van der Waals surface area contributed by atoms with Gasteiger partial charge in [0.2, 0.25) is 0 Å². The molecular weight excluding hydrogens is 312 g/mol. The van der Waals surface area contributed by atoms with Crippen molar-refractivity contribution in [3.05, 3.63) is 32.4 Å². The number of nitrogens with one attached hydrogen (secondary N) is 1. The fraction of sp³-hybridized carbons (Fsp3) is 0.500. The van der Waals surface area contributed by atoms with Gasteiger partial charge in [0.05, 0.1) is 3.79 Å². The fourth-order valence-corrected chi connectivity index (χ4v) is 3.57. The highest BCUT2D eigenvalue weighted by atomic mass is 79.9. The van der Waals surface area contributed by atoms with E-state index in [1.807, 2.05) is 11.7 Å². The molecule has 0 aromatic carbocycles. The van der Waals surface area contributed by atoms with Crippen molar-refractivity contribution >= 4 is 27.3 Å². The summed E-state index contributed by atoms with van der Waals surface area (Å²) >= 11 is 5.31. The molecule has 0 saturated carbocycles. The second-order valence-corrected chi connectivity index (χ2v) is 6.89. The van der Waals surface area contributed by atoms with Crippen LogP contribution < -0.4 is 5.32 Å². The van der Waals surface area contributed by atoms with Crippen LogP contribution in [0.2, 0.25) is 0 Å². The molecule has 0 saturated heterocycles. The number of nitrogens with zero attached hydrogens (tertiary/aromatic N) is 3. The molecule has 0 fully saturated rings. The summed E-state index contributed by atoms with van der Waals surface area (Å²) in [4.78, 5) is 5.65. The summed E-state index contributed by atoms with van der Waals surface area (Å²) in [7, 11) is 1.95. The number of hydrogen-bond donors (Lipinski definition) is 1. The van der Waals surface area contributed by atoms with Crippen LogP contribution in [0.15, 0.2) is 16.2 Å². The Labute approximate surface area is 120 Å². The Hall–Kier alpha value is -0.720. The molecule has 0 radical (unpaired) electrons. The molecular formula is C12H17BrN4S. The minimum atomic E-state index is 0.0879. The standard InChI is InChI=1S/C12H17BrN4S/c1-7(2)17-12(15-6-16-17)10(14-4)9-5-8(3)11(13)18-9/h5-7,10,14H,1-4H3. The van der Waals surface area contributed by atoms with Gasteiger partial charge >= 0.3 is 0 Å². The maximum Gasteiger partial charge on any atom is 0.149 e. The van der Waals surface area contributed by atoms with Gasteiger partial charge in [-0.05, 0) is 55.4 Å². The van der Waals surface area contributed by atoms with Crippen LogP contribution in [0.4, 0.5) is 0 Å². The van der Waals surface area contributed by atoms with Gasteiger partial charge in [-0.1, -0.05) is 0 Å². The second-order valence-electron chi connectivity index (χ2n) is 4.48. The first kappa shape index (κ1) is 13.7. The van der Waals surface area contributed by atoms with Crippen molar-refractivity contribution in [3.63, 3.8) is 0 Å². The molecule has 0 bridgehead atoms. The molecule has 0 aliphatic carbocycles. The van der Waals surface area contributed by atoms with E-state index in [1.165, 1.54) is 14.2 Å². The zero-order chi connectivity index (χ0) is 13.3. The van der Waals surface area contributed by atoms with Gasteiger partial charge in [-0.15, -0.1) is 11.3 Å². The molecule has 18 heavy (non-hydrogen) atoms. The van der Waals surface area contributed by atoms with Gasteiger partial charge in [-0.25, -0.2) is 9.67 Å². The topological polar surface area (TPSA) is 42.7 Å². The third-order valence-electron chi connectivity index (χ3n) is 2.80. The number of halogens is 1. The first-order chi connectivity index (χ1) is 8.54. The summed E-state index contributed by atoms with van der Waals surface area (Å²) in [5.74, 6) is 0.959. The molecule has 2 heterocycles. The third kappa shape index (κ3) is 2.50. The fourth-order valence-electron chi connectivity index (χ4n) is 1.89. The van der Waals surface area contributed by atoms with Gasteiger partial charge in [0.1, 0.15) is 18.2 Å². The van der Waals surface area contributed by atoms with Gasteiger partial charge in [-0.2, -0.15) is 5.10 Å². The van der Waals surface area contributed by atoms with Crippen LogP contribution in [0.1, 0.15) is 42.2 Å². The molecule has 98 valence electrons. The lowest BCUT2D eigenvalue weighted by atomic mass is 10.2. The van der Waals surface area contributed by atoms with Gasteiger partial charge < -0.3 is 5.32 Å². The minimum absolute atomic E-state index is 0.0879. The van der Waals surface area contributed by atoms with E-state index in [1.54, 1.807) is 17.7 Å². The predicted molar refractivity (Wildman–Crippen MR) is 78.1 cm³/mol.